The predicted molar refractivity (Wildman–Crippen MR) is 123 cm³/mol. The van der Waals surface area contributed by atoms with Crippen molar-refractivity contribution in [3.63, 3.8) is 0 Å². The van der Waals surface area contributed by atoms with Crippen LogP contribution in [0.3, 0.4) is 0 Å². The summed E-state index contributed by atoms with van der Waals surface area (Å²) in [5.41, 5.74) is 3.76. The van der Waals surface area contributed by atoms with Gasteiger partial charge in [-0.3, -0.25) is 4.79 Å². The number of oxazole rings is 1. The third-order valence-electron chi connectivity index (χ3n) is 4.82. The Labute approximate surface area is 186 Å². The normalized spacial score (nSPS) is 10.9. The lowest BCUT2D eigenvalue weighted by Gasteiger charge is -2.09. The molecule has 1 aromatic heterocycles. The Balaban J connectivity index is 1.38. The van der Waals surface area contributed by atoms with E-state index >= 15 is 0 Å². The zero-order valence-electron chi connectivity index (χ0n) is 17.2. The predicted octanol–water partition coefficient (Wildman–Crippen LogP) is 6.50. The average Bonchev–Trinajstić information content (AvgIpc) is 3.17. The summed E-state index contributed by atoms with van der Waals surface area (Å²) in [6.45, 7) is 2.76. The first-order valence-corrected chi connectivity index (χ1v) is 10.7. The minimum Gasteiger partial charge on any atom is -0.494 e. The number of aromatic nitrogens is 1. The van der Waals surface area contributed by atoms with Gasteiger partial charge in [0.25, 0.3) is 5.91 Å². The zero-order valence-corrected chi connectivity index (χ0v) is 18.0. The molecule has 0 unspecified atom stereocenters. The number of carbonyl (C=O) groups is 1. The number of benzene rings is 3. The van der Waals surface area contributed by atoms with Crippen molar-refractivity contribution in [3.8, 4) is 5.75 Å². The quantitative estimate of drug-likeness (QED) is 0.321. The number of nitrogens with zero attached hydrogens (tertiary/aromatic N) is 1. The number of amides is 1. The number of hydrogen-bond acceptors (Lipinski definition) is 4. The molecule has 1 N–H and O–H groups in total. The van der Waals surface area contributed by atoms with E-state index in [0.717, 1.165) is 29.6 Å². The van der Waals surface area contributed by atoms with Gasteiger partial charge in [0.05, 0.1) is 6.61 Å². The Morgan fingerprint density at radius 2 is 1.94 bits per heavy atom. The van der Waals surface area contributed by atoms with Gasteiger partial charge in [0.15, 0.2) is 11.5 Å². The van der Waals surface area contributed by atoms with Gasteiger partial charge in [0, 0.05) is 22.7 Å². The van der Waals surface area contributed by atoms with E-state index in [-0.39, 0.29) is 5.91 Å². The molecule has 0 aliphatic carbocycles. The monoisotopic (exact) mass is 434 g/mol. The molecular formula is C25H23ClN2O3. The summed E-state index contributed by atoms with van der Waals surface area (Å²) in [7, 11) is 0. The van der Waals surface area contributed by atoms with E-state index in [0.29, 0.717) is 40.8 Å². The van der Waals surface area contributed by atoms with Gasteiger partial charge in [-0.25, -0.2) is 4.98 Å². The molecule has 1 amide bonds. The van der Waals surface area contributed by atoms with Crippen LogP contribution >= 0.6 is 11.6 Å². The van der Waals surface area contributed by atoms with Gasteiger partial charge in [-0.2, -0.15) is 0 Å². The standard InChI is InChI=1S/C25H23ClN2O3/c1-2-3-13-30-21-6-4-5-18(15-21)25(29)27-20-10-7-17(8-11-20)14-24-28-22-16-19(26)9-12-23(22)31-24/h4-12,15-16H,2-3,13-14H2,1H3,(H,27,29). The van der Waals surface area contributed by atoms with Crippen LogP contribution in [0.1, 0.15) is 41.6 Å². The molecule has 0 spiro atoms. The van der Waals surface area contributed by atoms with Gasteiger partial charge in [-0.15, -0.1) is 0 Å². The molecule has 0 atom stereocenters. The molecule has 0 aliphatic heterocycles. The number of fused-ring (bicyclic) bond motifs is 1. The van der Waals surface area contributed by atoms with Gasteiger partial charge in [0.2, 0.25) is 0 Å². The smallest absolute Gasteiger partial charge is 0.255 e. The molecule has 0 saturated carbocycles. The van der Waals surface area contributed by atoms with Crippen LogP contribution in [0, 0.1) is 0 Å². The fourth-order valence-corrected chi connectivity index (χ4v) is 3.34. The lowest BCUT2D eigenvalue weighted by molar-refractivity contribution is 0.102. The van der Waals surface area contributed by atoms with Crippen LogP contribution in [-0.2, 0) is 6.42 Å². The summed E-state index contributed by atoms with van der Waals surface area (Å²) in [4.78, 5) is 17.1. The Bertz CT molecular complexity index is 1190. The number of halogens is 1. The Morgan fingerprint density at radius 3 is 2.74 bits per heavy atom. The maximum Gasteiger partial charge on any atom is 0.255 e. The van der Waals surface area contributed by atoms with Crippen molar-refractivity contribution in [2.45, 2.75) is 26.2 Å². The van der Waals surface area contributed by atoms with E-state index in [1.807, 2.05) is 42.5 Å². The van der Waals surface area contributed by atoms with Crippen molar-refractivity contribution in [1.82, 2.24) is 4.98 Å². The molecule has 0 bridgehead atoms. The maximum absolute atomic E-state index is 12.6. The number of nitrogens with one attached hydrogen (secondary N) is 1. The Hall–Kier alpha value is -3.31. The van der Waals surface area contributed by atoms with Gasteiger partial charge < -0.3 is 14.5 Å². The Morgan fingerprint density at radius 1 is 1.10 bits per heavy atom. The molecular weight excluding hydrogens is 412 g/mol. The fraction of sp³-hybridized carbons (Fsp3) is 0.200. The minimum absolute atomic E-state index is 0.176. The lowest BCUT2D eigenvalue weighted by Crippen LogP contribution is -2.12. The maximum atomic E-state index is 12.6. The minimum atomic E-state index is -0.176. The highest BCUT2D eigenvalue weighted by Crippen LogP contribution is 2.22. The second kappa shape index (κ2) is 9.67. The van der Waals surface area contributed by atoms with E-state index in [1.165, 1.54) is 0 Å². The summed E-state index contributed by atoms with van der Waals surface area (Å²) < 4.78 is 11.5. The van der Waals surface area contributed by atoms with Crippen LogP contribution in [0.2, 0.25) is 5.02 Å². The summed E-state index contributed by atoms with van der Waals surface area (Å²) in [6.07, 6.45) is 2.61. The van der Waals surface area contributed by atoms with Gasteiger partial charge >= 0.3 is 0 Å². The van der Waals surface area contributed by atoms with Crippen LogP contribution in [0.4, 0.5) is 5.69 Å². The van der Waals surface area contributed by atoms with Crippen molar-refractivity contribution < 1.29 is 13.9 Å². The molecule has 4 aromatic rings. The van der Waals surface area contributed by atoms with Crippen LogP contribution in [0.15, 0.2) is 71.1 Å². The van der Waals surface area contributed by atoms with Crippen molar-refractivity contribution in [2.24, 2.45) is 0 Å². The second-order valence-electron chi connectivity index (χ2n) is 7.28. The summed E-state index contributed by atoms with van der Waals surface area (Å²) in [5, 5.41) is 3.55. The SMILES string of the molecule is CCCCOc1cccc(C(=O)Nc2ccc(Cc3nc4cc(Cl)ccc4o3)cc2)c1. The highest BCUT2D eigenvalue weighted by Gasteiger charge is 2.10. The second-order valence-corrected chi connectivity index (χ2v) is 7.71. The number of hydrogen-bond donors (Lipinski definition) is 1. The van der Waals surface area contributed by atoms with Crippen molar-refractivity contribution >= 4 is 34.3 Å². The molecule has 0 fully saturated rings. The molecule has 31 heavy (non-hydrogen) atoms. The van der Waals surface area contributed by atoms with Crippen LogP contribution in [-0.4, -0.2) is 17.5 Å². The highest BCUT2D eigenvalue weighted by molar-refractivity contribution is 6.31. The van der Waals surface area contributed by atoms with Crippen molar-refractivity contribution in [3.05, 3.63) is 88.8 Å². The molecule has 5 nitrogen and oxygen atoms in total. The largest absolute Gasteiger partial charge is 0.494 e. The lowest BCUT2D eigenvalue weighted by atomic mass is 10.1. The first kappa shape index (κ1) is 20.9. The van der Waals surface area contributed by atoms with Crippen LogP contribution in [0.25, 0.3) is 11.1 Å². The Kier molecular flexibility index (Phi) is 6.53. The number of unbranched alkanes of at least 4 members (excludes halogenated alkanes) is 1. The highest BCUT2D eigenvalue weighted by atomic mass is 35.5. The third-order valence-corrected chi connectivity index (χ3v) is 5.06. The average molecular weight is 435 g/mol. The first-order valence-electron chi connectivity index (χ1n) is 10.3. The van der Waals surface area contributed by atoms with Gasteiger partial charge in [0.1, 0.15) is 11.3 Å². The molecule has 0 radical (unpaired) electrons. The van der Waals surface area contributed by atoms with E-state index in [9.17, 15) is 4.79 Å². The third kappa shape index (κ3) is 5.44. The van der Waals surface area contributed by atoms with E-state index < -0.39 is 0 Å². The molecule has 158 valence electrons. The first-order chi connectivity index (χ1) is 15.1. The number of ether oxygens (including phenoxy) is 1. The molecule has 1 heterocycles. The molecule has 6 heteroatoms. The van der Waals surface area contributed by atoms with E-state index in [2.05, 4.69) is 17.2 Å². The zero-order chi connectivity index (χ0) is 21.6. The molecule has 0 saturated heterocycles. The van der Waals surface area contributed by atoms with Crippen molar-refractivity contribution in [1.29, 1.82) is 0 Å². The van der Waals surface area contributed by atoms with Gasteiger partial charge in [-0.1, -0.05) is 43.1 Å². The number of rotatable bonds is 8. The summed E-state index contributed by atoms with van der Waals surface area (Å²) in [5.74, 6) is 1.15. The topological polar surface area (TPSA) is 64.4 Å². The number of carbonyl (C=O) groups excluding carboxylic acids is 1. The molecule has 0 aliphatic rings. The van der Waals surface area contributed by atoms with E-state index in [1.54, 1.807) is 24.3 Å². The number of anilines is 1. The van der Waals surface area contributed by atoms with Crippen molar-refractivity contribution in [2.75, 3.05) is 11.9 Å². The van der Waals surface area contributed by atoms with E-state index in [4.69, 9.17) is 20.8 Å². The summed E-state index contributed by atoms with van der Waals surface area (Å²) in [6, 6.07) is 20.2. The molecule has 3 aromatic carbocycles. The fourth-order valence-electron chi connectivity index (χ4n) is 3.17. The van der Waals surface area contributed by atoms with Gasteiger partial charge in [-0.05, 0) is 60.5 Å². The van der Waals surface area contributed by atoms with Crippen LogP contribution < -0.4 is 10.1 Å². The molecule has 4 rings (SSSR count). The summed E-state index contributed by atoms with van der Waals surface area (Å²) >= 11 is 6.01. The van der Waals surface area contributed by atoms with Crippen LogP contribution in [0.5, 0.6) is 5.75 Å².